The molecule has 1 aromatic rings. The lowest BCUT2D eigenvalue weighted by atomic mass is 9.89. The Hall–Kier alpha value is -0.920. The summed E-state index contributed by atoms with van der Waals surface area (Å²) >= 11 is 0. The third-order valence-corrected chi connectivity index (χ3v) is 4.14. The van der Waals surface area contributed by atoms with E-state index in [2.05, 4.69) is 30.1 Å². The SMILES string of the molecule is CCCCCCCC(CCCCCC)c1ccnnc1. The molecule has 0 aliphatic rings. The Morgan fingerprint density at radius 1 is 0.800 bits per heavy atom. The lowest BCUT2D eigenvalue weighted by molar-refractivity contribution is 0.492. The molecule has 1 atom stereocenters. The standard InChI is InChI=1S/C18H32N2/c1-3-5-7-9-11-13-17(12-10-8-6-4-2)18-14-15-19-20-16-18/h14-17H,3-13H2,1-2H3. The molecule has 0 saturated heterocycles. The van der Waals surface area contributed by atoms with Crippen LogP contribution in [-0.4, -0.2) is 10.2 Å². The van der Waals surface area contributed by atoms with Gasteiger partial charge in [-0.3, -0.25) is 0 Å². The highest BCUT2D eigenvalue weighted by atomic mass is 15.1. The maximum atomic E-state index is 4.06. The van der Waals surface area contributed by atoms with Crippen LogP contribution in [0, 0.1) is 0 Å². The Bertz CT molecular complexity index is 310. The van der Waals surface area contributed by atoms with E-state index in [4.69, 9.17) is 0 Å². The predicted molar refractivity (Wildman–Crippen MR) is 86.9 cm³/mol. The molecule has 0 aromatic carbocycles. The first kappa shape index (κ1) is 17.1. The van der Waals surface area contributed by atoms with Gasteiger partial charge in [0.15, 0.2) is 0 Å². The van der Waals surface area contributed by atoms with E-state index < -0.39 is 0 Å². The summed E-state index contributed by atoms with van der Waals surface area (Å²) in [6.07, 6.45) is 18.7. The molecule has 0 N–H and O–H groups in total. The van der Waals surface area contributed by atoms with Crippen LogP contribution in [0.1, 0.15) is 96.0 Å². The van der Waals surface area contributed by atoms with Crippen LogP contribution in [-0.2, 0) is 0 Å². The summed E-state index contributed by atoms with van der Waals surface area (Å²) < 4.78 is 0. The molecule has 0 radical (unpaired) electrons. The predicted octanol–water partition coefficient (Wildman–Crippen LogP) is 5.89. The van der Waals surface area contributed by atoms with Crippen LogP contribution >= 0.6 is 0 Å². The minimum Gasteiger partial charge on any atom is -0.159 e. The smallest absolute Gasteiger partial charge is 0.0531 e. The van der Waals surface area contributed by atoms with Crippen molar-refractivity contribution < 1.29 is 0 Å². The lowest BCUT2D eigenvalue weighted by Crippen LogP contribution is -2.01. The molecule has 1 unspecified atom stereocenters. The molecular weight excluding hydrogens is 244 g/mol. The van der Waals surface area contributed by atoms with Crippen molar-refractivity contribution in [3.05, 3.63) is 24.0 Å². The fourth-order valence-corrected chi connectivity index (χ4v) is 2.83. The van der Waals surface area contributed by atoms with Crippen molar-refractivity contribution >= 4 is 0 Å². The Kier molecular flexibility index (Phi) is 10.2. The van der Waals surface area contributed by atoms with E-state index in [0.29, 0.717) is 5.92 Å². The van der Waals surface area contributed by atoms with E-state index >= 15 is 0 Å². The number of rotatable bonds is 12. The molecule has 0 aliphatic heterocycles. The molecule has 0 saturated carbocycles. The van der Waals surface area contributed by atoms with Crippen molar-refractivity contribution in [3.8, 4) is 0 Å². The summed E-state index contributed by atoms with van der Waals surface area (Å²) in [5.74, 6) is 0.698. The van der Waals surface area contributed by atoms with Gasteiger partial charge < -0.3 is 0 Å². The van der Waals surface area contributed by atoms with Gasteiger partial charge in [0.1, 0.15) is 0 Å². The molecule has 2 heteroatoms. The molecule has 0 spiro atoms. The second-order valence-corrected chi connectivity index (χ2v) is 5.92. The molecule has 20 heavy (non-hydrogen) atoms. The van der Waals surface area contributed by atoms with Gasteiger partial charge >= 0.3 is 0 Å². The van der Waals surface area contributed by atoms with Gasteiger partial charge in [-0.2, -0.15) is 10.2 Å². The summed E-state index contributed by atoms with van der Waals surface area (Å²) in [7, 11) is 0. The molecule has 0 bridgehead atoms. The van der Waals surface area contributed by atoms with Crippen LogP contribution < -0.4 is 0 Å². The number of hydrogen-bond acceptors (Lipinski definition) is 2. The summed E-state index contributed by atoms with van der Waals surface area (Å²) in [4.78, 5) is 0. The van der Waals surface area contributed by atoms with Crippen molar-refractivity contribution in [2.45, 2.75) is 90.4 Å². The number of nitrogens with zero attached hydrogens (tertiary/aromatic N) is 2. The van der Waals surface area contributed by atoms with Gasteiger partial charge in [-0.15, -0.1) is 0 Å². The van der Waals surface area contributed by atoms with Crippen molar-refractivity contribution in [1.82, 2.24) is 10.2 Å². The van der Waals surface area contributed by atoms with Crippen molar-refractivity contribution in [3.63, 3.8) is 0 Å². The molecule has 0 amide bonds. The highest BCUT2D eigenvalue weighted by Crippen LogP contribution is 2.27. The maximum Gasteiger partial charge on any atom is 0.0531 e. The number of unbranched alkanes of at least 4 members (excludes halogenated alkanes) is 7. The highest BCUT2D eigenvalue weighted by Gasteiger charge is 2.11. The average Bonchev–Trinajstić information content (AvgIpc) is 2.50. The fourth-order valence-electron chi connectivity index (χ4n) is 2.83. The third-order valence-electron chi connectivity index (χ3n) is 4.14. The highest BCUT2D eigenvalue weighted by molar-refractivity contribution is 5.12. The molecule has 2 nitrogen and oxygen atoms in total. The average molecular weight is 276 g/mol. The molecule has 0 aliphatic carbocycles. The quantitative estimate of drug-likeness (QED) is 0.445. The first-order valence-electron chi connectivity index (χ1n) is 8.65. The molecule has 1 aromatic heterocycles. The van der Waals surface area contributed by atoms with Crippen LogP contribution in [0.3, 0.4) is 0 Å². The second-order valence-electron chi connectivity index (χ2n) is 5.92. The van der Waals surface area contributed by atoms with E-state index in [1.807, 2.05) is 12.4 Å². The van der Waals surface area contributed by atoms with E-state index in [-0.39, 0.29) is 0 Å². The minimum atomic E-state index is 0.698. The lowest BCUT2D eigenvalue weighted by Gasteiger charge is -2.16. The van der Waals surface area contributed by atoms with E-state index in [9.17, 15) is 0 Å². The summed E-state index contributed by atoms with van der Waals surface area (Å²) in [6, 6.07) is 2.16. The second kappa shape index (κ2) is 11.9. The molecule has 1 heterocycles. The Morgan fingerprint density at radius 2 is 1.40 bits per heavy atom. The summed E-state index contributed by atoms with van der Waals surface area (Å²) in [6.45, 7) is 4.55. The van der Waals surface area contributed by atoms with Gasteiger partial charge in [-0.1, -0.05) is 71.6 Å². The van der Waals surface area contributed by atoms with E-state index in [1.165, 1.54) is 76.2 Å². The van der Waals surface area contributed by atoms with Crippen LogP contribution in [0.25, 0.3) is 0 Å². The van der Waals surface area contributed by atoms with Crippen LogP contribution in [0.15, 0.2) is 18.5 Å². The van der Waals surface area contributed by atoms with Gasteiger partial charge in [0.2, 0.25) is 0 Å². The largest absolute Gasteiger partial charge is 0.159 e. The van der Waals surface area contributed by atoms with E-state index in [0.717, 1.165) is 0 Å². The zero-order valence-electron chi connectivity index (χ0n) is 13.5. The Morgan fingerprint density at radius 3 is 1.95 bits per heavy atom. The van der Waals surface area contributed by atoms with Crippen LogP contribution in [0.5, 0.6) is 0 Å². The summed E-state index contributed by atoms with van der Waals surface area (Å²) in [5.41, 5.74) is 1.40. The number of aromatic nitrogens is 2. The Labute approximate surface area is 125 Å². The molecular formula is C18H32N2. The molecule has 0 fully saturated rings. The zero-order valence-corrected chi connectivity index (χ0v) is 13.5. The minimum absolute atomic E-state index is 0.698. The monoisotopic (exact) mass is 276 g/mol. The molecule has 1 rings (SSSR count). The summed E-state index contributed by atoms with van der Waals surface area (Å²) in [5, 5.41) is 7.97. The van der Waals surface area contributed by atoms with Crippen molar-refractivity contribution in [2.24, 2.45) is 0 Å². The van der Waals surface area contributed by atoms with Gasteiger partial charge in [0, 0.05) is 6.20 Å². The third kappa shape index (κ3) is 7.62. The maximum absolute atomic E-state index is 4.06. The Balaban J connectivity index is 2.35. The van der Waals surface area contributed by atoms with Crippen LogP contribution in [0.2, 0.25) is 0 Å². The van der Waals surface area contributed by atoms with Gasteiger partial charge in [-0.05, 0) is 30.4 Å². The molecule has 114 valence electrons. The number of hydrogen-bond donors (Lipinski definition) is 0. The van der Waals surface area contributed by atoms with Gasteiger partial charge in [0.05, 0.1) is 6.20 Å². The first-order valence-corrected chi connectivity index (χ1v) is 8.65. The van der Waals surface area contributed by atoms with Crippen LogP contribution in [0.4, 0.5) is 0 Å². The van der Waals surface area contributed by atoms with Crippen molar-refractivity contribution in [1.29, 1.82) is 0 Å². The van der Waals surface area contributed by atoms with E-state index in [1.54, 1.807) is 0 Å². The first-order chi connectivity index (χ1) is 9.88. The normalized spacial score (nSPS) is 12.5. The van der Waals surface area contributed by atoms with Crippen molar-refractivity contribution in [2.75, 3.05) is 0 Å². The fraction of sp³-hybridized carbons (Fsp3) is 0.778. The topological polar surface area (TPSA) is 25.8 Å². The van der Waals surface area contributed by atoms with Gasteiger partial charge in [0.25, 0.3) is 0 Å². The zero-order chi connectivity index (χ0) is 14.5. The van der Waals surface area contributed by atoms with Gasteiger partial charge in [-0.25, -0.2) is 0 Å².